The quantitative estimate of drug-likeness (QED) is 0.769. The predicted octanol–water partition coefficient (Wildman–Crippen LogP) is 3.12. The van der Waals surface area contributed by atoms with Crippen LogP contribution in [0.5, 0.6) is 0 Å². The highest BCUT2D eigenvalue weighted by Crippen LogP contribution is 2.24. The summed E-state index contributed by atoms with van der Waals surface area (Å²) < 4.78 is 0. The van der Waals surface area contributed by atoms with Gasteiger partial charge in [-0.2, -0.15) is 5.26 Å². The van der Waals surface area contributed by atoms with Gasteiger partial charge in [-0.3, -0.25) is 0 Å². The zero-order valence-corrected chi connectivity index (χ0v) is 12.1. The van der Waals surface area contributed by atoms with Crippen LogP contribution >= 0.6 is 11.6 Å². The van der Waals surface area contributed by atoms with Crippen molar-refractivity contribution < 1.29 is 0 Å². The van der Waals surface area contributed by atoms with E-state index in [-0.39, 0.29) is 0 Å². The molecule has 1 heterocycles. The third-order valence-electron chi connectivity index (χ3n) is 2.55. The second kappa shape index (κ2) is 6.55. The Kier molecular flexibility index (Phi) is 5.36. The number of halogens is 1. The maximum Gasteiger partial charge on any atom is 0.137 e. The van der Waals surface area contributed by atoms with Crippen LogP contribution in [0.2, 0.25) is 5.15 Å². The molecule has 0 atom stereocenters. The Morgan fingerprint density at radius 1 is 1.33 bits per heavy atom. The first-order valence-electron chi connectivity index (χ1n) is 6.08. The van der Waals surface area contributed by atoms with Gasteiger partial charge in [-0.05, 0) is 19.8 Å². The highest BCUT2D eigenvalue weighted by atomic mass is 35.5. The van der Waals surface area contributed by atoms with Crippen LogP contribution in [0.4, 0.5) is 5.82 Å². The molecule has 0 aliphatic carbocycles. The molecule has 5 heteroatoms. The Morgan fingerprint density at radius 2 is 2.00 bits per heavy atom. The maximum atomic E-state index is 8.74. The van der Waals surface area contributed by atoms with E-state index in [4.69, 9.17) is 16.9 Å². The highest BCUT2D eigenvalue weighted by Gasteiger charge is 2.15. The molecule has 0 radical (unpaired) electrons. The molecule has 1 rings (SSSR count). The van der Waals surface area contributed by atoms with Gasteiger partial charge < -0.3 is 4.90 Å². The van der Waals surface area contributed by atoms with Gasteiger partial charge >= 0.3 is 0 Å². The van der Waals surface area contributed by atoms with Crippen molar-refractivity contribution in [2.24, 2.45) is 5.92 Å². The minimum Gasteiger partial charge on any atom is -0.355 e. The van der Waals surface area contributed by atoms with E-state index < -0.39 is 0 Å². The number of hydrogen-bond acceptors (Lipinski definition) is 4. The van der Waals surface area contributed by atoms with Crippen molar-refractivity contribution in [2.75, 3.05) is 18.0 Å². The van der Waals surface area contributed by atoms with Crippen molar-refractivity contribution >= 4 is 17.4 Å². The molecule has 0 fully saturated rings. The largest absolute Gasteiger partial charge is 0.355 e. The Hall–Kier alpha value is -1.34. The number of nitriles is 1. The van der Waals surface area contributed by atoms with Crippen molar-refractivity contribution in [1.82, 2.24) is 9.97 Å². The number of nitrogens with zero attached hydrogens (tertiary/aromatic N) is 4. The molecule has 0 spiro atoms. The van der Waals surface area contributed by atoms with E-state index in [1.54, 1.807) is 0 Å². The van der Waals surface area contributed by atoms with Crippen LogP contribution in [0.25, 0.3) is 0 Å². The van der Waals surface area contributed by atoms with Crippen molar-refractivity contribution in [1.29, 1.82) is 5.26 Å². The molecule has 4 nitrogen and oxygen atoms in total. The van der Waals surface area contributed by atoms with Crippen LogP contribution in [0.15, 0.2) is 0 Å². The first-order valence-corrected chi connectivity index (χ1v) is 6.46. The number of aromatic nitrogens is 2. The monoisotopic (exact) mass is 266 g/mol. The van der Waals surface area contributed by atoms with Gasteiger partial charge in [0.05, 0.1) is 12.5 Å². The molecule has 0 aromatic carbocycles. The molecule has 1 aromatic rings. The summed E-state index contributed by atoms with van der Waals surface area (Å²) in [5, 5.41) is 9.23. The molecule has 0 aliphatic rings. The number of aryl methyl sites for hydroxylation is 1. The van der Waals surface area contributed by atoms with Gasteiger partial charge in [0.2, 0.25) is 0 Å². The summed E-state index contributed by atoms with van der Waals surface area (Å²) in [6.07, 6.45) is 0.479. The van der Waals surface area contributed by atoms with Crippen LogP contribution in [0, 0.1) is 31.1 Å². The lowest BCUT2D eigenvalue weighted by Gasteiger charge is -2.26. The van der Waals surface area contributed by atoms with Gasteiger partial charge in [-0.25, -0.2) is 9.97 Å². The fraction of sp³-hybridized carbons (Fsp3) is 0.615. The molecule has 18 heavy (non-hydrogen) atoms. The van der Waals surface area contributed by atoms with E-state index in [1.807, 2.05) is 13.8 Å². The van der Waals surface area contributed by atoms with Crippen molar-refractivity contribution in [2.45, 2.75) is 34.1 Å². The molecule has 1 aromatic heterocycles. The first-order chi connectivity index (χ1) is 8.45. The lowest BCUT2D eigenvalue weighted by molar-refractivity contribution is 0.605. The van der Waals surface area contributed by atoms with Crippen molar-refractivity contribution in [3.8, 4) is 6.07 Å². The smallest absolute Gasteiger partial charge is 0.137 e. The summed E-state index contributed by atoms with van der Waals surface area (Å²) in [7, 11) is 0. The molecule has 0 unspecified atom stereocenters. The van der Waals surface area contributed by atoms with Crippen LogP contribution in [0.1, 0.15) is 31.7 Å². The molecular formula is C13H19ClN4. The third kappa shape index (κ3) is 3.85. The minimum atomic E-state index is 0.479. The molecule has 0 bridgehead atoms. The Balaban J connectivity index is 3.07. The Labute approximate surface area is 114 Å². The first kappa shape index (κ1) is 14.7. The number of hydrogen-bond donors (Lipinski definition) is 0. The summed E-state index contributed by atoms with van der Waals surface area (Å²) in [5.74, 6) is 2.00. The van der Waals surface area contributed by atoms with E-state index in [2.05, 4.69) is 34.8 Å². The van der Waals surface area contributed by atoms with Crippen molar-refractivity contribution in [3.05, 3.63) is 16.5 Å². The average molecular weight is 267 g/mol. The van der Waals surface area contributed by atoms with Crippen molar-refractivity contribution in [3.63, 3.8) is 0 Å². The average Bonchev–Trinajstić information content (AvgIpc) is 2.28. The lowest BCUT2D eigenvalue weighted by atomic mass is 10.2. The van der Waals surface area contributed by atoms with Crippen LogP contribution < -0.4 is 4.90 Å². The van der Waals surface area contributed by atoms with E-state index in [1.165, 1.54) is 0 Å². The Morgan fingerprint density at radius 3 is 2.56 bits per heavy atom. The van der Waals surface area contributed by atoms with Gasteiger partial charge in [0.25, 0.3) is 0 Å². The normalized spacial score (nSPS) is 10.5. The van der Waals surface area contributed by atoms with E-state index >= 15 is 0 Å². The summed E-state index contributed by atoms with van der Waals surface area (Å²) in [6, 6.07) is 2.17. The zero-order chi connectivity index (χ0) is 13.7. The second-order valence-corrected chi connectivity index (χ2v) is 5.12. The fourth-order valence-corrected chi connectivity index (χ4v) is 2.00. The van der Waals surface area contributed by atoms with E-state index in [9.17, 15) is 0 Å². The van der Waals surface area contributed by atoms with E-state index in [0.717, 1.165) is 17.9 Å². The highest BCUT2D eigenvalue weighted by molar-refractivity contribution is 6.30. The summed E-state index contributed by atoms with van der Waals surface area (Å²) in [4.78, 5) is 10.7. The predicted molar refractivity (Wildman–Crippen MR) is 73.8 cm³/mol. The van der Waals surface area contributed by atoms with E-state index in [0.29, 0.717) is 29.9 Å². The lowest BCUT2D eigenvalue weighted by Crippen LogP contribution is -2.30. The molecule has 0 aliphatic heterocycles. The summed E-state index contributed by atoms with van der Waals surface area (Å²) >= 11 is 6.09. The minimum absolute atomic E-state index is 0.479. The van der Waals surface area contributed by atoms with Gasteiger partial charge in [0, 0.05) is 18.7 Å². The zero-order valence-electron chi connectivity index (χ0n) is 11.4. The van der Waals surface area contributed by atoms with Gasteiger partial charge in [-0.1, -0.05) is 25.4 Å². The molecule has 0 saturated carbocycles. The molecule has 98 valence electrons. The second-order valence-electron chi connectivity index (χ2n) is 4.76. The molecular weight excluding hydrogens is 248 g/mol. The van der Waals surface area contributed by atoms with Gasteiger partial charge in [0.15, 0.2) is 0 Å². The van der Waals surface area contributed by atoms with Crippen LogP contribution in [-0.4, -0.2) is 23.1 Å². The Bertz CT molecular complexity index is 451. The topological polar surface area (TPSA) is 52.8 Å². The van der Waals surface area contributed by atoms with Crippen LogP contribution in [0.3, 0.4) is 0 Å². The summed E-state index contributed by atoms with van der Waals surface area (Å²) in [5.41, 5.74) is 0.876. The maximum absolute atomic E-state index is 8.74. The molecule has 0 amide bonds. The molecule has 0 saturated heterocycles. The third-order valence-corrected chi connectivity index (χ3v) is 2.92. The number of rotatable bonds is 5. The van der Waals surface area contributed by atoms with Crippen LogP contribution in [-0.2, 0) is 0 Å². The van der Waals surface area contributed by atoms with Gasteiger partial charge in [-0.15, -0.1) is 0 Å². The SMILES string of the molecule is Cc1nc(Cl)c(C)c(N(CCC#N)CC(C)C)n1. The summed E-state index contributed by atoms with van der Waals surface area (Å²) in [6.45, 7) is 9.55. The fourth-order valence-electron chi connectivity index (χ4n) is 1.80. The standard InChI is InChI=1S/C13H19ClN4/c1-9(2)8-18(7-5-6-15)13-10(3)12(14)16-11(4)17-13/h9H,5,7-8H2,1-4H3. The number of anilines is 1. The molecule has 0 N–H and O–H groups in total. The van der Waals surface area contributed by atoms with Gasteiger partial charge in [0.1, 0.15) is 16.8 Å².